The van der Waals surface area contributed by atoms with Crippen LogP contribution in [0.25, 0.3) is 0 Å². The molecule has 1 heterocycles. The molecular formula is C16H25N3O. The minimum Gasteiger partial charge on any atom is -0.348 e. The number of nitrogens with two attached hydrogens (primary N) is 1. The van der Waals surface area contributed by atoms with E-state index in [4.69, 9.17) is 5.73 Å². The van der Waals surface area contributed by atoms with Crippen molar-refractivity contribution in [2.45, 2.75) is 38.6 Å². The molecular weight excluding hydrogens is 250 g/mol. The highest BCUT2D eigenvalue weighted by atomic mass is 16.1. The number of likely N-dealkylation sites (N-methyl/N-ethyl adjacent to an activating group) is 1. The average Bonchev–Trinajstić information content (AvgIpc) is 3.22. The molecule has 0 aromatic rings. The first kappa shape index (κ1) is 14.9. The molecule has 0 spiro atoms. The monoisotopic (exact) mass is 275 g/mol. The maximum Gasteiger partial charge on any atom is 0.213 e. The maximum atomic E-state index is 11.1. The topological polar surface area (TPSA) is 49.6 Å². The number of amides is 1. The van der Waals surface area contributed by atoms with E-state index in [0.29, 0.717) is 0 Å². The van der Waals surface area contributed by atoms with Gasteiger partial charge in [-0.2, -0.15) is 0 Å². The molecule has 1 amide bonds. The fourth-order valence-corrected chi connectivity index (χ4v) is 2.38. The van der Waals surface area contributed by atoms with Crippen LogP contribution in [0, 0.1) is 5.92 Å². The van der Waals surface area contributed by atoms with Gasteiger partial charge in [-0.25, -0.2) is 0 Å². The van der Waals surface area contributed by atoms with Crippen LogP contribution < -0.4 is 5.73 Å². The minimum atomic E-state index is 0.167. The number of nitrogens with zero attached hydrogens (tertiary/aromatic N) is 2. The second-order valence-corrected chi connectivity index (χ2v) is 6.00. The summed E-state index contributed by atoms with van der Waals surface area (Å²) >= 11 is 0. The van der Waals surface area contributed by atoms with Crippen LogP contribution in [0.1, 0.15) is 32.6 Å². The van der Waals surface area contributed by atoms with Crippen LogP contribution in [0.3, 0.4) is 0 Å². The second-order valence-electron chi connectivity index (χ2n) is 6.00. The van der Waals surface area contributed by atoms with E-state index in [0.717, 1.165) is 43.1 Å². The molecule has 110 valence electrons. The largest absolute Gasteiger partial charge is 0.348 e. The summed E-state index contributed by atoms with van der Waals surface area (Å²) in [5.74, 6) is 0.802. The third-order valence-electron chi connectivity index (χ3n) is 3.87. The third-order valence-corrected chi connectivity index (χ3v) is 3.87. The molecule has 1 atom stereocenters. The number of rotatable bonds is 7. The molecule has 1 unspecified atom stereocenters. The molecule has 1 aliphatic heterocycles. The van der Waals surface area contributed by atoms with Crippen molar-refractivity contribution in [1.82, 2.24) is 9.80 Å². The maximum absolute atomic E-state index is 11.1. The van der Waals surface area contributed by atoms with Gasteiger partial charge in [-0.15, -0.1) is 0 Å². The Kier molecular flexibility index (Phi) is 4.65. The summed E-state index contributed by atoms with van der Waals surface area (Å²) in [7, 11) is 1.78. The van der Waals surface area contributed by atoms with Gasteiger partial charge in [-0.1, -0.05) is 6.58 Å². The van der Waals surface area contributed by atoms with Crippen LogP contribution in [0.5, 0.6) is 0 Å². The van der Waals surface area contributed by atoms with Gasteiger partial charge in [0.25, 0.3) is 0 Å². The van der Waals surface area contributed by atoms with E-state index < -0.39 is 0 Å². The van der Waals surface area contributed by atoms with E-state index in [1.807, 2.05) is 13.0 Å². The van der Waals surface area contributed by atoms with Crippen molar-refractivity contribution in [2.75, 3.05) is 13.6 Å². The predicted molar refractivity (Wildman–Crippen MR) is 81.4 cm³/mol. The SMILES string of the molecule is C=C1C=C(N(C)C=O)C(CCC(C)N)=CN1CC1CC1. The Bertz CT molecular complexity index is 447. The Hall–Kier alpha value is -1.55. The van der Waals surface area contributed by atoms with Crippen molar-refractivity contribution in [2.24, 2.45) is 11.7 Å². The Morgan fingerprint density at radius 1 is 1.60 bits per heavy atom. The second kappa shape index (κ2) is 6.27. The zero-order valence-corrected chi connectivity index (χ0v) is 12.5. The Morgan fingerprint density at radius 2 is 2.30 bits per heavy atom. The number of carbonyl (C=O) groups is 1. The van der Waals surface area contributed by atoms with Crippen molar-refractivity contribution >= 4 is 6.41 Å². The van der Waals surface area contributed by atoms with E-state index in [-0.39, 0.29) is 6.04 Å². The molecule has 1 aliphatic carbocycles. The van der Waals surface area contributed by atoms with E-state index >= 15 is 0 Å². The number of hydrogen-bond acceptors (Lipinski definition) is 3. The molecule has 2 aliphatic rings. The Balaban J connectivity index is 2.14. The van der Waals surface area contributed by atoms with Crippen molar-refractivity contribution in [3.63, 3.8) is 0 Å². The van der Waals surface area contributed by atoms with Gasteiger partial charge in [0.15, 0.2) is 0 Å². The summed E-state index contributed by atoms with van der Waals surface area (Å²) in [5.41, 5.74) is 8.93. The summed E-state index contributed by atoms with van der Waals surface area (Å²) in [6.45, 7) is 7.16. The van der Waals surface area contributed by atoms with Gasteiger partial charge in [-0.3, -0.25) is 4.79 Å². The lowest BCUT2D eigenvalue weighted by atomic mass is 10.0. The quantitative estimate of drug-likeness (QED) is 0.725. The van der Waals surface area contributed by atoms with Crippen molar-refractivity contribution in [1.29, 1.82) is 0 Å². The molecule has 4 nitrogen and oxygen atoms in total. The van der Waals surface area contributed by atoms with Gasteiger partial charge in [-0.05, 0) is 50.2 Å². The normalized spacial score (nSPS) is 20.4. The van der Waals surface area contributed by atoms with Gasteiger partial charge < -0.3 is 15.5 Å². The lowest BCUT2D eigenvalue weighted by Crippen LogP contribution is -2.27. The number of carbonyl (C=O) groups excluding carboxylic acids is 1. The van der Waals surface area contributed by atoms with E-state index in [2.05, 4.69) is 17.7 Å². The molecule has 20 heavy (non-hydrogen) atoms. The van der Waals surface area contributed by atoms with Crippen LogP contribution in [0.2, 0.25) is 0 Å². The zero-order chi connectivity index (χ0) is 14.7. The van der Waals surface area contributed by atoms with E-state index in [1.165, 1.54) is 18.4 Å². The van der Waals surface area contributed by atoms with Crippen LogP contribution in [0.4, 0.5) is 0 Å². The first-order valence-corrected chi connectivity index (χ1v) is 7.33. The highest BCUT2D eigenvalue weighted by molar-refractivity contribution is 5.56. The molecule has 0 bridgehead atoms. The molecule has 0 aromatic carbocycles. The molecule has 1 fully saturated rings. The van der Waals surface area contributed by atoms with Gasteiger partial charge in [0, 0.05) is 37.2 Å². The van der Waals surface area contributed by atoms with Crippen molar-refractivity contribution in [3.8, 4) is 0 Å². The number of hydrogen-bond donors (Lipinski definition) is 1. The van der Waals surface area contributed by atoms with Crippen molar-refractivity contribution in [3.05, 3.63) is 35.8 Å². The molecule has 1 saturated carbocycles. The molecule has 2 rings (SSSR count). The minimum absolute atomic E-state index is 0.167. The fourth-order valence-electron chi connectivity index (χ4n) is 2.38. The highest BCUT2D eigenvalue weighted by Crippen LogP contribution is 2.34. The first-order valence-electron chi connectivity index (χ1n) is 7.33. The van der Waals surface area contributed by atoms with Gasteiger partial charge in [0.1, 0.15) is 0 Å². The predicted octanol–water partition coefficient (Wildman–Crippen LogP) is 2.21. The summed E-state index contributed by atoms with van der Waals surface area (Å²) < 4.78 is 0. The standard InChI is InChI=1S/C16H25N3O/c1-12(17)4-7-15-10-19(9-14-5-6-14)13(2)8-16(15)18(3)11-20/h8,10-12,14H,2,4-7,9,17H2,1,3H3. The fraction of sp³-hybridized carbons (Fsp3) is 0.562. The van der Waals surface area contributed by atoms with Crippen LogP contribution >= 0.6 is 0 Å². The Labute approximate surface area is 121 Å². The summed E-state index contributed by atoms with van der Waals surface area (Å²) in [5, 5.41) is 0. The zero-order valence-electron chi connectivity index (χ0n) is 12.5. The average molecular weight is 275 g/mol. The summed E-state index contributed by atoms with van der Waals surface area (Å²) in [4.78, 5) is 14.9. The molecule has 0 radical (unpaired) electrons. The molecule has 0 saturated heterocycles. The summed E-state index contributed by atoms with van der Waals surface area (Å²) in [6, 6.07) is 0.167. The van der Waals surface area contributed by atoms with Gasteiger partial charge in [0.05, 0.1) is 0 Å². The van der Waals surface area contributed by atoms with Crippen LogP contribution in [-0.2, 0) is 4.79 Å². The van der Waals surface area contributed by atoms with E-state index in [9.17, 15) is 4.79 Å². The van der Waals surface area contributed by atoms with Crippen LogP contribution in [-0.4, -0.2) is 35.8 Å². The van der Waals surface area contributed by atoms with Gasteiger partial charge in [0.2, 0.25) is 6.41 Å². The molecule has 2 N–H and O–H groups in total. The van der Waals surface area contributed by atoms with Gasteiger partial charge >= 0.3 is 0 Å². The smallest absolute Gasteiger partial charge is 0.213 e. The molecule has 4 heteroatoms. The summed E-state index contributed by atoms with van der Waals surface area (Å²) in [6.07, 6.45) is 9.44. The van der Waals surface area contributed by atoms with E-state index in [1.54, 1.807) is 11.9 Å². The first-order chi connectivity index (χ1) is 9.51. The lowest BCUT2D eigenvalue weighted by Gasteiger charge is -2.31. The van der Waals surface area contributed by atoms with Crippen LogP contribution in [0.15, 0.2) is 35.8 Å². The Morgan fingerprint density at radius 3 is 2.85 bits per heavy atom. The highest BCUT2D eigenvalue weighted by Gasteiger charge is 2.26. The molecule has 0 aromatic heterocycles. The van der Waals surface area contributed by atoms with Crippen molar-refractivity contribution < 1.29 is 4.79 Å². The lowest BCUT2D eigenvalue weighted by molar-refractivity contribution is -0.115. The third kappa shape index (κ3) is 3.73. The number of allylic oxidation sites excluding steroid dienone is 2.